The van der Waals surface area contributed by atoms with Gasteiger partial charge in [-0.3, -0.25) is 9.59 Å². The predicted molar refractivity (Wildman–Crippen MR) is 126 cm³/mol. The molecule has 2 amide bonds. The average molecular weight is 474 g/mol. The number of thioether (sulfide) groups is 1. The van der Waals surface area contributed by atoms with E-state index in [0.29, 0.717) is 43.7 Å². The van der Waals surface area contributed by atoms with Crippen LogP contribution in [0.4, 0.5) is 5.69 Å². The molecule has 2 aromatic carbocycles. The summed E-state index contributed by atoms with van der Waals surface area (Å²) >= 11 is 1.76. The Hall–Kier alpha value is -2.36. The minimum absolute atomic E-state index is 0.0259. The van der Waals surface area contributed by atoms with Crippen LogP contribution in [0.3, 0.4) is 0 Å². The number of carbonyl (C=O) groups is 2. The molecule has 0 bridgehead atoms. The Kier molecular flexibility index (Phi) is 6.33. The maximum atomic E-state index is 13.3. The molecule has 2 fully saturated rings. The fraction of sp³-hybridized carbons (Fsp3) is 0.391. The van der Waals surface area contributed by atoms with Gasteiger partial charge in [-0.05, 0) is 55.7 Å². The molecule has 2 saturated heterocycles. The molecule has 32 heavy (non-hydrogen) atoms. The maximum Gasteiger partial charge on any atom is 0.255 e. The van der Waals surface area contributed by atoms with Crippen molar-refractivity contribution in [1.82, 2.24) is 9.21 Å². The Balaban J connectivity index is 1.48. The van der Waals surface area contributed by atoms with Crippen molar-refractivity contribution in [1.29, 1.82) is 0 Å². The summed E-state index contributed by atoms with van der Waals surface area (Å²) in [4.78, 5) is 26.3. The van der Waals surface area contributed by atoms with Crippen LogP contribution in [0.1, 0.15) is 35.7 Å². The lowest BCUT2D eigenvalue weighted by Crippen LogP contribution is -2.53. The van der Waals surface area contributed by atoms with Gasteiger partial charge in [-0.2, -0.15) is 4.31 Å². The highest BCUT2D eigenvalue weighted by Gasteiger charge is 2.48. The Morgan fingerprint density at radius 3 is 2.28 bits per heavy atom. The highest BCUT2D eigenvalue weighted by molar-refractivity contribution is 8.00. The molecule has 1 N–H and O–H groups in total. The number of sulfonamides is 1. The first-order valence-electron chi connectivity index (χ1n) is 10.6. The van der Waals surface area contributed by atoms with Gasteiger partial charge in [0.2, 0.25) is 15.9 Å². The molecule has 0 unspecified atom stereocenters. The van der Waals surface area contributed by atoms with E-state index >= 15 is 0 Å². The zero-order valence-corrected chi connectivity index (χ0v) is 19.8. The number of amides is 2. The number of piperidine rings is 1. The van der Waals surface area contributed by atoms with Crippen LogP contribution in [0, 0.1) is 6.92 Å². The topological polar surface area (TPSA) is 86.8 Å². The number of nitrogens with zero attached hydrogens (tertiary/aromatic N) is 2. The van der Waals surface area contributed by atoms with Crippen molar-refractivity contribution >= 4 is 39.3 Å². The van der Waals surface area contributed by atoms with Gasteiger partial charge < -0.3 is 10.2 Å². The van der Waals surface area contributed by atoms with Crippen LogP contribution in [0.2, 0.25) is 0 Å². The Bertz CT molecular complexity index is 1120. The van der Waals surface area contributed by atoms with E-state index in [9.17, 15) is 18.0 Å². The Labute approximate surface area is 193 Å². The molecule has 170 valence electrons. The molecule has 0 radical (unpaired) electrons. The summed E-state index contributed by atoms with van der Waals surface area (Å²) in [5.74, 6) is 0.674. The lowest BCUT2D eigenvalue weighted by molar-refractivity contribution is -0.114. The van der Waals surface area contributed by atoms with Crippen LogP contribution < -0.4 is 5.32 Å². The summed E-state index contributed by atoms with van der Waals surface area (Å²) in [6.07, 6.45) is 1.19. The van der Waals surface area contributed by atoms with Crippen molar-refractivity contribution in [3.8, 4) is 0 Å². The van der Waals surface area contributed by atoms with Gasteiger partial charge in [-0.25, -0.2) is 8.42 Å². The average Bonchev–Trinajstić information content (AvgIpc) is 3.16. The fourth-order valence-corrected chi connectivity index (χ4v) is 7.30. The van der Waals surface area contributed by atoms with Gasteiger partial charge in [0.05, 0.1) is 9.77 Å². The molecule has 2 heterocycles. The monoisotopic (exact) mass is 473 g/mol. The summed E-state index contributed by atoms with van der Waals surface area (Å²) < 4.78 is 27.8. The first-order chi connectivity index (χ1) is 15.2. The second-order valence-electron chi connectivity index (χ2n) is 8.18. The molecule has 0 aromatic heterocycles. The maximum absolute atomic E-state index is 13.3. The van der Waals surface area contributed by atoms with Gasteiger partial charge in [0.1, 0.15) is 0 Å². The van der Waals surface area contributed by atoms with E-state index in [2.05, 4.69) is 5.32 Å². The van der Waals surface area contributed by atoms with Gasteiger partial charge in [0.15, 0.2) is 0 Å². The number of carbonyl (C=O) groups excluding carboxylic acids is 2. The summed E-state index contributed by atoms with van der Waals surface area (Å²) in [6.45, 7) is 4.74. The lowest BCUT2D eigenvalue weighted by Gasteiger charge is -2.43. The van der Waals surface area contributed by atoms with Gasteiger partial charge in [-0.1, -0.05) is 18.2 Å². The molecule has 4 rings (SSSR count). The zero-order valence-electron chi connectivity index (χ0n) is 18.2. The molecule has 1 spiro atoms. The van der Waals surface area contributed by atoms with Crippen LogP contribution in [0.5, 0.6) is 0 Å². The van der Waals surface area contributed by atoms with Crippen LogP contribution in [-0.2, 0) is 14.8 Å². The second kappa shape index (κ2) is 8.88. The van der Waals surface area contributed by atoms with E-state index in [-0.39, 0.29) is 21.6 Å². The fourth-order valence-electron chi connectivity index (χ4n) is 4.41. The molecule has 2 aliphatic heterocycles. The van der Waals surface area contributed by atoms with E-state index in [4.69, 9.17) is 0 Å². The zero-order chi connectivity index (χ0) is 22.9. The Morgan fingerprint density at radius 1 is 1.00 bits per heavy atom. The minimum Gasteiger partial charge on any atom is -0.326 e. The number of hydrogen-bond donors (Lipinski definition) is 1. The van der Waals surface area contributed by atoms with Crippen molar-refractivity contribution in [2.75, 3.05) is 30.7 Å². The van der Waals surface area contributed by atoms with Crippen molar-refractivity contribution in [2.24, 2.45) is 0 Å². The summed E-state index contributed by atoms with van der Waals surface area (Å²) in [5, 5.41) is 2.64. The summed E-state index contributed by atoms with van der Waals surface area (Å²) in [7, 11) is -3.64. The number of anilines is 1. The van der Waals surface area contributed by atoms with Gasteiger partial charge in [-0.15, -0.1) is 11.8 Å². The molecule has 0 atom stereocenters. The van der Waals surface area contributed by atoms with Crippen LogP contribution >= 0.6 is 11.8 Å². The van der Waals surface area contributed by atoms with E-state index < -0.39 is 10.0 Å². The smallest absolute Gasteiger partial charge is 0.255 e. The molecule has 2 aliphatic rings. The molecular formula is C23H27N3O4S2. The number of hydrogen-bond acceptors (Lipinski definition) is 5. The Morgan fingerprint density at radius 2 is 1.66 bits per heavy atom. The van der Waals surface area contributed by atoms with Gasteiger partial charge in [0.25, 0.3) is 5.91 Å². The number of rotatable bonds is 4. The standard InChI is InChI=1S/C23H27N3O4S2/c1-17-5-3-4-6-21(17)22(28)26-15-16-31-23(26)11-13-25(14-12-23)32(29,30)20-9-7-19(8-10-20)24-18(2)27/h3-10H,11-16H2,1-2H3,(H,24,27). The van der Waals surface area contributed by atoms with Crippen molar-refractivity contribution in [3.05, 3.63) is 59.7 Å². The van der Waals surface area contributed by atoms with Gasteiger partial charge in [0, 0.05) is 43.6 Å². The molecule has 7 nitrogen and oxygen atoms in total. The highest BCUT2D eigenvalue weighted by atomic mass is 32.2. The largest absolute Gasteiger partial charge is 0.326 e. The first kappa shape index (κ1) is 22.8. The summed E-state index contributed by atoms with van der Waals surface area (Å²) in [5.41, 5.74) is 2.22. The van der Waals surface area contributed by atoms with E-state index in [1.54, 1.807) is 23.9 Å². The molecule has 2 aromatic rings. The van der Waals surface area contributed by atoms with E-state index in [0.717, 1.165) is 11.3 Å². The molecular weight excluding hydrogens is 446 g/mol. The number of benzene rings is 2. The van der Waals surface area contributed by atoms with Crippen LogP contribution in [0.15, 0.2) is 53.4 Å². The minimum atomic E-state index is -3.64. The van der Waals surface area contributed by atoms with Gasteiger partial charge >= 0.3 is 0 Å². The summed E-state index contributed by atoms with van der Waals surface area (Å²) in [6, 6.07) is 13.8. The highest BCUT2D eigenvalue weighted by Crippen LogP contribution is 2.45. The quantitative estimate of drug-likeness (QED) is 0.736. The lowest BCUT2D eigenvalue weighted by atomic mass is 10.0. The first-order valence-corrected chi connectivity index (χ1v) is 13.0. The van der Waals surface area contributed by atoms with Crippen LogP contribution in [-0.4, -0.2) is 59.7 Å². The molecule has 0 saturated carbocycles. The third-order valence-corrected chi connectivity index (χ3v) is 9.58. The van der Waals surface area contributed by atoms with Crippen LogP contribution in [0.25, 0.3) is 0 Å². The third kappa shape index (κ3) is 4.29. The van der Waals surface area contributed by atoms with E-state index in [1.807, 2.05) is 36.1 Å². The van der Waals surface area contributed by atoms with Crippen molar-refractivity contribution in [3.63, 3.8) is 0 Å². The van der Waals surface area contributed by atoms with E-state index in [1.165, 1.54) is 23.4 Å². The molecule has 0 aliphatic carbocycles. The third-order valence-electron chi connectivity index (χ3n) is 6.11. The van der Waals surface area contributed by atoms with Crippen molar-refractivity contribution in [2.45, 2.75) is 36.5 Å². The number of nitrogens with one attached hydrogen (secondary N) is 1. The predicted octanol–water partition coefficient (Wildman–Crippen LogP) is 3.32. The SMILES string of the molecule is CC(=O)Nc1ccc(S(=O)(=O)N2CCC3(CC2)SCCN3C(=O)c2ccccc2C)cc1. The number of aryl methyl sites for hydroxylation is 1. The normalized spacial score (nSPS) is 18.6. The van der Waals surface area contributed by atoms with Crippen molar-refractivity contribution < 1.29 is 18.0 Å². The molecule has 9 heteroatoms. The second-order valence-corrected chi connectivity index (χ2v) is 11.6.